The molecule has 0 spiro atoms. The Hall–Kier alpha value is -2.12. The van der Waals surface area contributed by atoms with Crippen molar-refractivity contribution in [2.45, 2.75) is 0 Å². The van der Waals surface area contributed by atoms with Gasteiger partial charge in [-0.3, -0.25) is 0 Å². The molecule has 0 radical (unpaired) electrons. The number of nitriles is 1. The number of aromatic nitrogens is 1. The monoisotopic (exact) mass is 248 g/mol. The lowest BCUT2D eigenvalue weighted by Gasteiger charge is -2.07. The summed E-state index contributed by atoms with van der Waals surface area (Å²) in [6.45, 7) is 0. The average molecular weight is 249 g/mol. The molecule has 0 N–H and O–H groups in total. The fourth-order valence-electron chi connectivity index (χ4n) is 1.23. The predicted molar refractivity (Wildman–Crippen MR) is 60.4 cm³/mol. The van der Waals surface area contributed by atoms with Gasteiger partial charge in [-0.2, -0.15) is 5.26 Å². The molecule has 0 aliphatic heterocycles. The van der Waals surface area contributed by atoms with Crippen LogP contribution in [0.25, 0.3) is 0 Å². The van der Waals surface area contributed by atoms with E-state index in [0.717, 1.165) is 0 Å². The van der Waals surface area contributed by atoms with Crippen LogP contribution in [0, 0.1) is 17.1 Å². The molecule has 0 fully saturated rings. The zero-order valence-corrected chi connectivity index (χ0v) is 9.28. The number of ether oxygens (including phenoxy) is 1. The third kappa shape index (κ3) is 2.52. The predicted octanol–water partition coefficient (Wildman–Crippen LogP) is 3.54. The summed E-state index contributed by atoms with van der Waals surface area (Å²) in [7, 11) is 0. The fourth-order valence-corrected chi connectivity index (χ4v) is 1.39. The lowest BCUT2D eigenvalue weighted by molar-refractivity contribution is 0.442. The van der Waals surface area contributed by atoms with Crippen molar-refractivity contribution in [3.8, 4) is 17.6 Å². The summed E-state index contributed by atoms with van der Waals surface area (Å²) in [6, 6.07) is 9.27. The van der Waals surface area contributed by atoms with E-state index < -0.39 is 5.82 Å². The fraction of sp³-hybridized carbons (Fsp3) is 0. The first-order valence-electron chi connectivity index (χ1n) is 4.69. The Morgan fingerprint density at radius 2 is 2.18 bits per heavy atom. The van der Waals surface area contributed by atoms with Gasteiger partial charge in [0.1, 0.15) is 17.5 Å². The molecule has 17 heavy (non-hydrogen) atoms. The quantitative estimate of drug-likeness (QED) is 0.817. The molecule has 0 aliphatic rings. The first-order valence-corrected chi connectivity index (χ1v) is 5.06. The largest absolute Gasteiger partial charge is 0.454 e. The second-order valence-electron chi connectivity index (χ2n) is 3.14. The van der Waals surface area contributed by atoms with E-state index in [1.165, 1.54) is 30.5 Å². The number of pyridine rings is 1. The van der Waals surface area contributed by atoms with Crippen LogP contribution in [-0.2, 0) is 0 Å². The Morgan fingerprint density at radius 3 is 2.94 bits per heavy atom. The van der Waals surface area contributed by atoms with Crippen molar-refractivity contribution in [1.29, 1.82) is 5.26 Å². The van der Waals surface area contributed by atoms with Gasteiger partial charge in [0.25, 0.3) is 0 Å². The average Bonchev–Trinajstić information content (AvgIpc) is 2.35. The van der Waals surface area contributed by atoms with Crippen molar-refractivity contribution < 1.29 is 9.13 Å². The Kier molecular flexibility index (Phi) is 3.22. The number of benzene rings is 1. The van der Waals surface area contributed by atoms with Crippen LogP contribution < -0.4 is 4.74 Å². The molecular weight excluding hydrogens is 243 g/mol. The van der Waals surface area contributed by atoms with Gasteiger partial charge in [-0.05, 0) is 18.2 Å². The molecule has 5 heteroatoms. The highest BCUT2D eigenvalue weighted by Crippen LogP contribution is 2.28. The Morgan fingerprint density at radius 1 is 1.35 bits per heavy atom. The molecule has 0 saturated carbocycles. The van der Waals surface area contributed by atoms with Crippen LogP contribution in [0.5, 0.6) is 11.5 Å². The maximum absolute atomic E-state index is 13.5. The van der Waals surface area contributed by atoms with Crippen molar-refractivity contribution in [2.75, 3.05) is 0 Å². The third-order valence-corrected chi connectivity index (χ3v) is 2.28. The van der Waals surface area contributed by atoms with E-state index in [1.807, 2.05) is 6.07 Å². The summed E-state index contributed by atoms with van der Waals surface area (Å²) in [5.74, 6) is -0.296. The van der Waals surface area contributed by atoms with Gasteiger partial charge in [0.2, 0.25) is 0 Å². The second-order valence-corrected chi connectivity index (χ2v) is 3.55. The zero-order chi connectivity index (χ0) is 12.3. The van der Waals surface area contributed by atoms with Crippen LogP contribution in [-0.4, -0.2) is 4.98 Å². The van der Waals surface area contributed by atoms with E-state index in [4.69, 9.17) is 21.6 Å². The van der Waals surface area contributed by atoms with E-state index in [2.05, 4.69) is 4.98 Å². The highest BCUT2D eigenvalue weighted by atomic mass is 35.5. The van der Waals surface area contributed by atoms with Crippen LogP contribution >= 0.6 is 11.6 Å². The van der Waals surface area contributed by atoms with E-state index in [1.54, 1.807) is 6.07 Å². The first-order chi connectivity index (χ1) is 8.20. The van der Waals surface area contributed by atoms with Gasteiger partial charge in [0, 0.05) is 12.3 Å². The van der Waals surface area contributed by atoms with Crippen molar-refractivity contribution >= 4 is 11.6 Å². The smallest absolute Gasteiger partial charge is 0.184 e. The number of hydrogen-bond donors (Lipinski definition) is 0. The summed E-state index contributed by atoms with van der Waals surface area (Å²) in [6.07, 6.45) is 1.41. The SMILES string of the molecule is N#Cc1cc(Oc2cccc(Cl)c2F)ccn1. The molecule has 2 aromatic rings. The molecule has 0 saturated heterocycles. The lowest BCUT2D eigenvalue weighted by Crippen LogP contribution is -1.90. The zero-order valence-electron chi connectivity index (χ0n) is 8.52. The summed E-state index contributed by atoms with van der Waals surface area (Å²) < 4.78 is 18.8. The Balaban J connectivity index is 2.32. The normalized spacial score (nSPS) is 9.71. The Bertz CT molecular complexity index is 595. The molecule has 84 valence electrons. The standard InChI is InChI=1S/C12H6ClFN2O/c13-10-2-1-3-11(12(10)14)17-9-4-5-16-8(6-9)7-15/h1-6H. The van der Waals surface area contributed by atoms with Gasteiger partial charge in [-0.25, -0.2) is 9.37 Å². The van der Waals surface area contributed by atoms with Gasteiger partial charge in [-0.1, -0.05) is 17.7 Å². The number of halogens is 2. The maximum Gasteiger partial charge on any atom is 0.184 e. The molecule has 0 atom stereocenters. The minimum absolute atomic E-state index is 0.00703. The van der Waals surface area contributed by atoms with Gasteiger partial charge in [-0.15, -0.1) is 0 Å². The topological polar surface area (TPSA) is 45.9 Å². The van der Waals surface area contributed by atoms with Crippen molar-refractivity contribution in [3.05, 3.63) is 53.1 Å². The van der Waals surface area contributed by atoms with E-state index in [0.29, 0.717) is 5.75 Å². The summed E-state index contributed by atoms with van der Waals surface area (Å²) in [5.41, 5.74) is 0.199. The highest BCUT2D eigenvalue weighted by Gasteiger charge is 2.08. The third-order valence-electron chi connectivity index (χ3n) is 1.99. The van der Waals surface area contributed by atoms with E-state index in [-0.39, 0.29) is 16.5 Å². The van der Waals surface area contributed by atoms with Crippen LogP contribution in [0.1, 0.15) is 5.69 Å². The lowest BCUT2D eigenvalue weighted by atomic mass is 10.3. The molecule has 0 bridgehead atoms. The number of rotatable bonds is 2. The molecule has 2 rings (SSSR count). The first kappa shape index (κ1) is 11.4. The summed E-state index contributed by atoms with van der Waals surface area (Å²) in [5, 5.41) is 8.65. The molecule has 0 unspecified atom stereocenters. The van der Waals surface area contributed by atoms with Crippen molar-refractivity contribution in [2.24, 2.45) is 0 Å². The minimum atomic E-state index is -0.635. The number of nitrogens with zero attached hydrogens (tertiary/aromatic N) is 2. The van der Waals surface area contributed by atoms with E-state index >= 15 is 0 Å². The molecule has 1 heterocycles. The van der Waals surface area contributed by atoms with Crippen LogP contribution in [0.3, 0.4) is 0 Å². The second kappa shape index (κ2) is 4.81. The maximum atomic E-state index is 13.5. The summed E-state index contributed by atoms with van der Waals surface area (Å²) >= 11 is 5.62. The molecule has 3 nitrogen and oxygen atoms in total. The van der Waals surface area contributed by atoms with Gasteiger partial charge in [0.15, 0.2) is 11.6 Å². The van der Waals surface area contributed by atoms with E-state index in [9.17, 15) is 4.39 Å². The van der Waals surface area contributed by atoms with Gasteiger partial charge in [0.05, 0.1) is 5.02 Å². The highest BCUT2D eigenvalue weighted by molar-refractivity contribution is 6.30. The van der Waals surface area contributed by atoms with Crippen LogP contribution in [0.2, 0.25) is 5.02 Å². The Labute approximate surface area is 102 Å². The van der Waals surface area contributed by atoms with Crippen LogP contribution in [0.4, 0.5) is 4.39 Å². The van der Waals surface area contributed by atoms with Crippen molar-refractivity contribution in [3.63, 3.8) is 0 Å². The molecule has 1 aromatic heterocycles. The van der Waals surface area contributed by atoms with Crippen LogP contribution in [0.15, 0.2) is 36.5 Å². The number of hydrogen-bond acceptors (Lipinski definition) is 3. The molecule has 1 aromatic carbocycles. The minimum Gasteiger partial charge on any atom is -0.454 e. The molecule has 0 amide bonds. The van der Waals surface area contributed by atoms with Crippen molar-refractivity contribution in [1.82, 2.24) is 4.98 Å². The molecule has 0 aliphatic carbocycles. The summed E-state index contributed by atoms with van der Waals surface area (Å²) in [4.78, 5) is 3.78. The molecular formula is C12H6ClFN2O. The van der Waals surface area contributed by atoms with Gasteiger partial charge < -0.3 is 4.74 Å². The van der Waals surface area contributed by atoms with Gasteiger partial charge >= 0.3 is 0 Å².